The van der Waals surface area contributed by atoms with Crippen molar-refractivity contribution < 1.29 is 4.79 Å². The van der Waals surface area contributed by atoms with Crippen LogP contribution in [0, 0.1) is 0 Å². The van der Waals surface area contributed by atoms with Crippen LogP contribution in [0.25, 0.3) is 0 Å². The molecule has 2 aromatic rings. The molecule has 1 N–H and O–H groups in total. The van der Waals surface area contributed by atoms with E-state index in [1.807, 2.05) is 23.6 Å². The zero-order valence-electron chi connectivity index (χ0n) is 13.7. The van der Waals surface area contributed by atoms with Crippen LogP contribution >= 0.6 is 11.3 Å². The van der Waals surface area contributed by atoms with Crippen LogP contribution < -0.4 is 10.3 Å². The molecule has 2 rings (SSSR count). The third kappa shape index (κ3) is 5.21. The van der Waals surface area contributed by atoms with E-state index in [1.165, 1.54) is 17.0 Å². The quantitative estimate of drug-likeness (QED) is 0.584. The monoisotopic (exact) mass is 329 g/mol. The Balaban J connectivity index is 1.93. The molecule has 0 bridgehead atoms. The molecule has 23 heavy (non-hydrogen) atoms. The van der Waals surface area contributed by atoms with E-state index in [2.05, 4.69) is 41.4 Å². The van der Waals surface area contributed by atoms with Gasteiger partial charge in [0.25, 0.3) is 5.91 Å². The minimum atomic E-state index is -0.176. The lowest BCUT2D eigenvalue weighted by Gasteiger charge is -2.23. The number of hydrogen-bond acceptors (Lipinski definition) is 4. The highest BCUT2D eigenvalue weighted by Crippen LogP contribution is 2.15. The maximum absolute atomic E-state index is 11.8. The number of amides is 1. The molecule has 0 unspecified atom stereocenters. The molecule has 0 aliphatic rings. The van der Waals surface area contributed by atoms with Gasteiger partial charge in [-0.15, -0.1) is 11.3 Å². The van der Waals surface area contributed by atoms with E-state index < -0.39 is 0 Å². The number of hydrazone groups is 1. The summed E-state index contributed by atoms with van der Waals surface area (Å²) in [5.74, 6) is -0.176. The lowest BCUT2D eigenvalue weighted by molar-refractivity contribution is 0.0959. The lowest BCUT2D eigenvalue weighted by Crippen LogP contribution is -2.24. The van der Waals surface area contributed by atoms with Crippen LogP contribution in [-0.4, -0.2) is 25.2 Å². The number of hydrogen-bond donors (Lipinski definition) is 1. The van der Waals surface area contributed by atoms with Gasteiger partial charge in [0.2, 0.25) is 0 Å². The predicted molar refractivity (Wildman–Crippen MR) is 98.6 cm³/mol. The number of carbonyl (C=O) groups excluding carboxylic acids is 1. The number of benzene rings is 1. The summed E-state index contributed by atoms with van der Waals surface area (Å²) in [6.07, 6.45) is 3.94. The van der Waals surface area contributed by atoms with Gasteiger partial charge >= 0.3 is 0 Å². The second-order valence-corrected chi connectivity index (χ2v) is 6.20. The van der Waals surface area contributed by atoms with E-state index in [1.54, 1.807) is 12.3 Å². The number of carbonyl (C=O) groups is 1. The highest BCUT2D eigenvalue weighted by Gasteiger charge is 2.05. The Labute approximate surface area is 141 Å². The summed E-state index contributed by atoms with van der Waals surface area (Å²) in [7, 11) is 0. The van der Waals surface area contributed by atoms with Gasteiger partial charge in [0.15, 0.2) is 0 Å². The van der Waals surface area contributed by atoms with Gasteiger partial charge in [-0.3, -0.25) is 4.79 Å². The number of thiophene rings is 1. The number of nitrogens with one attached hydrogen (secondary N) is 1. The van der Waals surface area contributed by atoms with Crippen LogP contribution in [0.3, 0.4) is 0 Å². The Morgan fingerprint density at radius 3 is 2.43 bits per heavy atom. The average molecular weight is 329 g/mol. The molecular weight excluding hydrogens is 306 g/mol. The van der Waals surface area contributed by atoms with Crippen molar-refractivity contribution in [2.45, 2.75) is 26.7 Å². The molecule has 4 nitrogen and oxygen atoms in total. The van der Waals surface area contributed by atoms with Crippen LogP contribution in [0.1, 0.15) is 41.9 Å². The molecule has 0 aliphatic heterocycles. The standard InChI is InChI=1S/C18H23N3OS/c1-3-11-21(12-4-2)16-9-7-15(8-10-16)14-19-20-18(22)17-6-5-13-23-17/h5-10,13-14H,3-4,11-12H2,1-2H3,(H,20,22). The molecule has 0 spiro atoms. The van der Waals surface area contributed by atoms with Crippen molar-refractivity contribution in [3.05, 3.63) is 52.2 Å². The maximum Gasteiger partial charge on any atom is 0.281 e. The summed E-state index contributed by atoms with van der Waals surface area (Å²) in [4.78, 5) is 14.8. The second kappa shape index (κ2) is 9.10. The zero-order chi connectivity index (χ0) is 16.5. The SMILES string of the molecule is CCCN(CCC)c1ccc(C=NNC(=O)c2cccs2)cc1. The van der Waals surface area contributed by atoms with Crippen LogP contribution in [0.5, 0.6) is 0 Å². The fraction of sp³-hybridized carbons (Fsp3) is 0.333. The average Bonchev–Trinajstić information content (AvgIpc) is 3.10. The summed E-state index contributed by atoms with van der Waals surface area (Å²) in [6, 6.07) is 11.9. The summed E-state index contributed by atoms with van der Waals surface area (Å²) in [5.41, 5.74) is 4.74. The second-order valence-electron chi connectivity index (χ2n) is 5.26. The van der Waals surface area contributed by atoms with Gasteiger partial charge in [0.05, 0.1) is 11.1 Å². The number of nitrogens with zero attached hydrogens (tertiary/aromatic N) is 2. The first-order valence-electron chi connectivity index (χ1n) is 7.96. The molecule has 0 fully saturated rings. The van der Waals surface area contributed by atoms with E-state index in [9.17, 15) is 4.79 Å². The van der Waals surface area contributed by atoms with Crippen LogP contribution in [0.4, 0.5) is 5.69 Å². The first kappa shape index (κ1) is 17.2. The molecular formula is C18H23N3OS. The van der Waals surface area contributed by atoms with E-state index >= 15 is 0 Å². The largest absolute Gasteiger partial charge is 0.372 e. The summed E-state index contributed by atoms with van der Waals surface area (Å²) in [5, 5.41) is 5.88. The lowest BCUT2D eigenvalue weighted by atomic mass is 10.2. The molecule has 122 valence electrons. The molecule has 0 radical (unpaired) electrons. The van der Waals surface area contributed by atoms with Crippen molar-refractivity contribution in [3.8, 4) is 0 Å². The van der Waals surface area contributed by atoms with Crippen molar-refractivity contribution >= 4 is 29.1 Å². The smallest absolute Gasteiger partial charge is 0.281 e. The van der Waals surface area contributed by atoms with Gasteiger partial charge in [0.1, 0.15) is 0 Å². The van der Waals surface area contributed by atoms with Crippen molar-refractivity contribution in [3.63, 3.8) is 0 Å². The fourth-order valence-corrected chi connectivity index (χ4v) is 2.92. The van der Waals surface area contributed by atoms with Gasteiger partial charge in [-0.1, -0.05) is 32.0 Å². The summed E-state index contributed by atoms with van der Waals surface area (Å²) >= 11 is 1.40. The van der Waals surface area contributed by atoms with Gasteiger partial charge < -0.3 is 4.90 Å². The molecule has 1 aromatic carbocycles. The first-order valence-corrected chi connectivity index (χ1v) is 8.84. The Morgan fingerprint density at radius 1 is 1.17 bits per heavy atom. The number of anilines is 1. The topological polar surface area (TPSA) is 44.7 Å². The van der Waals surface area contributed by atoms with E-state index in [0.29, 0.717) is 4.88 Å². The van der Waals surface area contributed by atoms with Crippen molar-refractivity contribution in [2.24, 2.45) is 5.10 Å². The van der Waals surface area contributed by atoms with Crippen molar-refractivity contribution in [1.82, 2.24) is 5.43 Å². The van der Waals surface area contributed by atoms with Gasteiger partial charge in [0, 0.05) is 18.8 Å². The molecule has 0 saturated carbocycles. The predicted octanol–water partition coefficient (Wildman–Crippen LogP) is 4.14. The van der Waals surface area contributed by atoms with E-state index in [4.69, 9.17) is 0 Å². The third-order valence-electron chi connectivity index (χ3n) is 3.37. The van der Waals surface area contributed by atoms with Crippen molar-refractivity contribution in [2.75, 3.05) is 18.0 Å². The molecule has 1 aromatic heterocycles. The highest BCUT2D eigenvalue weighted by atomic mass is 32.1. The van der Waals surface area contributed by atoms with Gasteiger partial charge in [-0.2, -0.15) is 5.10 Å². The van der Waals surface area contributed by atoms with Crippen LogP contribution in [0.15, 0.2) is 46.9 Å². The van der Waals surface area contributed by atoms with E-state index in [-0.39, 0.29) is 5.91 Å². The summed E-state index contributed by atoms with van der Waals surface area (Å²) in [6.45, 7) is 6.52. The summed E-state index contributed by atoms with van der Waals surface area (Å²) < 4.78 is 0. The fourth-order valence-electron chi connectivity index (χ4n) is 2.31. The molecule has 0 aliphatic carbocycles. The maximum atomic E-state index is 11.8. The molecule has 1 heterocycles. The normalized spacial score (nSPS) is 10.9. The van der Waals surface area contributed by atoms with Crippen LogP contribution in [0.2, 0.25) is 0 Å². The highest BCUT2D eigenvalue weighted by molar-refractivity contribution is 7.12. The van der Waals surface area contributed by atoms with Gasteiger partial charge in [-0.05, 0) is 42.0 Å². The number of rotatable bonds is 8. The Morgan fingerprint density at radius 2 is 1.87 bits per heavy atom. The first-order chi connectivity index (χ1) is 11.2. The minimum absolute atomic E-state index is 0.176. The van der Waals surface area contributed by atoms with Crippen LogP contribution in [-0.2, 0) is 0 Å². The van der Waals surface area contributed by atoms with Crippen molar-refractivity contribution in [1.29, 1.82) is 0 Å². The molecule has 1 amide bonds. The molecule has 0 atom stereocenters. The Bertz CT molecular complexity index is 614. The zero-order valence-corrected chi connectivity index (χ0v) is 14.5. The Hall–Kier alpha value is -2.14. The third-order valence-corrected chi connectivity index (χ3v) is 4.24. The molecule has 0 saturated heterocycles. The molecule has 5 heteroatoms. The van der Waals surface area contributed by atoms with Gasteiger partial charge in [-0.25, -0.2) is 5.43 Å². The van der Waals surface area contributed by atoms with E-state index in [0.717, 1.165) is 31.5 Å². The Kier molecular flexibility index (Phi) is 6.81. The minimum Gasteiger partial charge on any atom is -0.372 e.